The highest BCUT2D eigenvalue weighted by Gasteiger charge is 2.29. The van der Waals surface area contributed by atoms with Gasteiger partial charge in [-0.25, -0.2) is 10.9 Å². The summed E-state index contributed by atoms with van der Waals surface area (Å²) < 4.78 is 0. The van der Waals surface area contributed by atoms with Crippen molar-refractivity contribution < 1.29 is 0 Å². The van der Waals surface area contributed by atoms with E-state index in [9.17, 15) is 0 Å². The van der Waals surface area contributed by atoms with Gasteiger partial charge < -0.3 is 5.32 Å². The molecule has 0 saturated carbocycles. The SMILES string of the molecule is CN1NC2CC=CNC2N1. The monoisotopic (exact) mass is 140 g/mol. The summed E-state index contributed by atoms with van der Waals surface area (Å²) in [6.07, 6.45) is 5.59. The molecule has 4 nitrogen and oxygen atoms in total. The van der Waals surface area contributed by atoms with E-state index >= 15 is 0 Å². The molecule has 2 rings (SSSR count). The third-order valence-electron chi connectivity index (χ3n) is 1.88. The van der Waals surface area contributed by atoms with Crippen LogP contribution >= 0.6 is 0 Å². The van der Waals surface area contributed by atoms with Gasteiger partial charge in [0.15, 0.2) is 0 Å². The highest BCUT2D eigenvalue weighted by Crippen LogP contribution is 2.08. The van der Waals surface area contributed by atoms with Gasteiger partial charge in [-0.2, -0.15) is 5.12 Å². The van der Waals surface area contributed by atoms with Crippen molar-refractivity contribution in [1.29, 1.82) is 0 Å². The molecular weight excluding hydrogens is 128 g/mol. The predicted octanol–water partition coefficient (Wildman–Crippen LogP) is -0.857. The van der Waals surface area contributed by atoms with Crippen molar-refractivity contribution in [3.8, 4) is 0 Å². The van der Waals surface area contributed by atoms with Crippen LogP contribution in [0.2, 0.25) is 0 Å². The second-order valence-electron chi connectivity index (χ2n) is 2.71. The normalized spacial score (nSPS) is 39.3. The van der Waals surface area contributed by atoms with Crippen molar-refractivity contribution in [2.45, 2.75) is 18.6 Å². The molecule has 2 unspecified atom stereocenters. The van der Waals surface area contributed by atoms with Gasteiger partial charge in [0.2, 0.25) is 0 Å². The minimum absolute atomic E-state index is 0.370. The van der Waals surface area contributed by atoms with Crippen molar-refractivity contribution in [3.05, 3.63) is 12.3 Å². The lowest BCUT2D eigenvalue weighted by Crippen LogP contribution is -2.45. The molecular formula is C6H12N4. The summed E-state index contributed by atoms with van der Waals surface area (Å²) in [5.74, 6) is 0. The molecule has 0 bridgehead atoms. The highest BCUT2D eigenvalue weighted by atomic mass is 15.8. The maximum Gasteiger partial charge on any atom is 0.108 e. The fourth-order valence-electron chi connectivity index (χ4n) is 1.39. The van der Waals surface area contributed by atoms with Crippen molar-refractivity contribution >= 4 is 0 Å². The Morgan fingerprint density at radius 3 is 3.20 bits per heavy atom. The third-order valence-corrected chi connectivity index (χ3v) is 1.88. The molecule has 0 aromatic rings. The number of hydrazine groups is 2. The Morgan fingerprint density at radius 1 is 1.50 bits per heavy atom. The van der Waals surface area contributed by atoms with E-state index in [1.807, 2.05) is 18.4 Å². The van der Waals surface area contributed by atoms with Crippen molar-refractivity contribution in [1.82, 2.24) is 21.3 Å². The molecule has 0 radical (unpaired) electrons. The van der Waals surface area contributed by atoms with Crippen molar-refractivity contribution in [3.63, 3.8) is 0 Å². The lowest BCUT2D eigenvalue weighted by Gasteiger charge is -2.20. The van der Waals surface area contributed by atoms with E-state index in [1.54, 1.807) is 0 Å². The fraction of sp³-hybridized carbons (Fsp3) is 0.667. The van der Waals surface area contributed by atoms with Crippen LogP contribution in [-0.2, 0) is 0 Å². The molecule has 0 amide bonds. The largest absolute Gasteiger partial charge is 0.374 e. The maximum absolute atomic E-state index is 3.26. The summed E-state index contributed by atoms with van der Waals surface area (Å²) >= 11 is 0. The first-order chi connectivity index (χ1) is 4.86. The Hall–Kier alpha value is -0.580. The van der Waals surface area contributed by atoms with Gasteiger partial charge in [-0.1, -0.05) is 6.08 Å². The molecule has 0 spiro atoms. The van der Waals surface area contributed by atoms with Gasteiger partial charge in [-0.3, -0.25) is 0 Å². The Bertz CT molecular complexity index is 140. The lowest BCUT2D eigenvalue weighted by atomic mass is 10.1. The van der Waals surface area contributed by atoms with Gasteiger partial charge in [0, 0.05) is 7.05 Å². The topological polar surface area (TPSA) is 39.3 Å². The zero-order valence-corrected chi connectivity index (χ0v) is 5.96. The van der Waals surface area contributed by atoms with E-state index in [0.717, 1.165) is 6.42 Å². The summed E-state index contributed by atoms with van der Waals surface area (Å²) in [6, 6.07) is 0.509. The summed E-state index contributed by atoms with van der Waals surface area (Å²) in [4.78, 5) is 0. The average Bonchev–Trinajstić information content (AvgIpc) is 2.27. The van der Waals surface area contributed by atoms with Gasteiger partial charge in [-0.15, -0.1) is 0 Å². The molecule has 56 valence electrons. The van der Waals surface area contributed by atoms with Crippen molar-refractivity contribution in [2.24, 2.45) is 0 Å². The van der Waals surface area contributed by atoms with Crippen LogP contribution in [0.5, 0.6) is 0 Å². The number of nitrogens with zero attached hydrogens (tertiary/aromatic N) is 1. The minimum atomic E-state index is 0.370. The number of nitrogens with one attached hydrogen (secondary N) is 3. The van der Waals surface area contributed by atoms with Gasteiger partial charge >= 0.3 is 0 Å². The summed E-state index contributed by atoms with van der Waals surface area (Å²) in [5.41, 5.74) is 6.48. The first-order valence-corrected chi connectivity index (χ1v) is 3.53. The van der Waals surface area contributed by atoms with E-state index in [4.69, 9.17) is 0 Å². The van der Waals surface area contributed by atoms with Crippen LogP contribution in [0.3, 0.4) is 0 Å². The van der Waals surface area contributed by atoms with Gasteiger partial charge in [0.25, 0.3) is 0 Å². The van der Waals surface area contributed by atoms with Crippen LogP contribution in [0.1, 0.15) is 6.42 Å². The van der Waals surface area contributed by atoms with Crippen molar-refractivity contribution in [2.75, 3.05) is 7.05 Å². The third kappa shape index (κ3) is 0.901. The second kappa shape index (κ2) is 2.23. The summed E-state index contributed by atoms with van der Waals surface area (Å²) in [6.45, 7) is 0. The van der Waals surface area contributed by atoms with Crippen LogP contribution < -0.4 is 16.2 Å². The molecule has 0 aromatic heterocycles. The van der Waals surface area contributed by atoms with E-state index < -0.39 is 0 Å². The molecule has 2 heterocycles. The first-order valence-electron chi connectivity index (χ1n) is 3.53. The number of hydrogen-bond acceptors (Lipinski definition) is 4. The first kappa shape index (κ1) is 6.15. The summed E-state index contributed by atoms with van der Waals surface area (Å²) in [7, 11) is 1.97. The summed E-state index contributed by atoms with van der Waals surface area (Å²) in [5, 5.41) is 5.11. The molecule has 1 fully saturated rings. The molecule has 0 aromatic carbocycles. The van der Waals surface area contributed by atoms with Gasteiger partial charge in [0.05, 0.1) is 6.04 Å². The maximum atomic E-state index is 3.26. The molecule has 4 heteroatoms. The lowest BCUT2D eigenvalue weighted by molar-refractivity contribution is 0.214. The van der Waals surface area contributed by atoms with E-state index in [-0.39, 0.29) is 0 Å². The van der Waals surface area contributed by atoms with Crippen LogP contribution in [0.15, 0.2) is 12.3 Å². The Kier molecular flexibility index (Phi) is 1.37. The zero-order valence-electron chi connectivity index (χ0n) is 5.96. The molecule has 10 heavy (non-hydrogen) atoms. The molecule has 3 N–H and O–H groups in total. The number of rotatable bonds is 0. The van der Waals surface area contributed by atoms with E-state index in [0.29, 0.717) is 12.2 Å². The van der Waals surface area contributed by atoms with Crippen LogP contribution in [0.4, 0.5) is 0 Å². The van der Waals surface area contributed by atoms with Crippen LogP contribution in [0, 0.1) is 0 Å². The molecule has 2 aliphatic heterocycles. The Morgan fingerprint density at radius 2 is 2.40 bits per heavy atom. The quantitative estimate of drug-likeness (QED) is 0.409. The predicted molar refractivity (Wildman–Crippen MR) is 38.5 cm³/mol. The molecule has 2 atom stereocenters. The Balaban J connectivity index is 2.05. The average molecular weight is 140 g/mol. The van der Waals surface area contributed by atoms with E-state index in [1.165, 1.54) is 0 Å². The minimum Gasteiger partial charge on any atom is -0.374 e. The van der Waals surface area contributed by atoms with Gasteiger partial charge in [0.1, 0.15) is 6.17 Å². The fourth-order valence-corrected chi connectivity index (χ4v) is 1.39. The van der Waals surface area contributed by atoms with Crippen LogP contribution in [0.25, 0.3) is 0 Å². The number of fused-ring (bicyclic) bond motifs is 1. The zero-order chi connectivity index (χ0) is 6.97. The molecule has 1 saturated heterocycles. The van der Waals surface area contributed by atoms with Gasteiger partial charge in [-0.05, 0) is 12.6 Å². The number of hydrogen-bond donors (Lipinski definition) is 3. The smallest absolute Gasteiger partial charge is 0.108 e. The standard InChI is InChI=1S/C6H12N4/c1-10-8-5-3-2-4-7-6(5)9-10/h2,4-9H,3H2,1H3. The molecule has 2 aliphatic rings. The highest BCUT2D eigenvalue weighted by molar-refractivity contribution is 4.98. The van der Waals surface area contributed by atoms with Crippen LogP contribution in [-0.4, -0.2) is 24.4 Å². The Labute approximate surface area is 60.2 Å². The second-order valence-corrected chi connectivity index (χ2v) is 2.71. The molecule has 0 aliphatic carbocycles. The van der Waals surface area contributed by atoms with E-state index in [2.05, 4.69) is 22.2 Å².